The molecule has 0 aromatic heterocycles. The largest absolute Gasteiger partial charge is 0.490 e. The van der Waals surface area contributed by atoms with Gasteiger partial charge in [-0.1, -0.05) is 18.2 Å². The molecule has 0 aliphatic heterocycles. The minimum absolute atomic E-state index is 0.0103. The van der Waals surface area contributed by atoms with Crippen LogP contribution in [0.25, 0.3) is 6.08 Å². The van der Waals surface area contributed by atoms with Crippen LogP contribution in [-0.4, -0.2) is 18.6 Å². The van der Waals surface area contributed by atoms with Gasteiger partial charge >= 0.3 is 0 Å². The van der Waals surface area contributed by atoms with E-state index < -0.39 is 5.91 Å². The predicted molar refractivity (Wildman–Crippen MR) is 105 cm³/mol. The molecule has 2 aromatic rings. The molecule has 0 saturated carbocycles. The normalized spacial score (nSPS) is 11.1. The molecule has 0 atom stereocenters. The minimum Gasteiger partial charge on any atom is -0.490 e. The first-order valence-corrected chi connectivity index (χ1v) is 8.99. The Morgan fingerprint density at radius 2 is 1.89 bits per heavy atom. The highest BCUT2D eigenvalue weighted by atomic mass is 19.1. The van der Waals surface area contributed by atoms with E-state index in [9.17, 15) is 14.4 Å². The molecule has 0 unspecified atom stereocenters. The third-order valence-electron chi connectivity index (χ3n) is 3.67. The van der Waals surface area contributed by atoms with Crippen LogP contribution in [0.1, 0.15) is 31.9 Å². The van der Waals surface area contributed by atoms with Gasteiger partial charge in [-0.25, -0.2) is 4.39 Å². The molecular formula is C22H23FN2O3. The van der Waals surface area contributed by atoms with Gasteiger partial charge in [0.1, 0.15) is 24.1 Å². The van der Waals surface area contributed by atoms with E-state index in [0.717, 1.165) is 5.56 Å². The lowest BCUT2D eigenvalue weighted by molar-refractivity contribution is -0.117. The lowest BCUT2D eigenvalue weighted by Gasteiger charge is -2.13. The molecule has 0 bridgehead atoms. The molecule has 146 valence electrons. The zero-order valence-electron chi connectivity index (χ0n) is 16.2. The lowest BCUT2D eigenvalue weighted by Crippen LogP contribution is -2.30. The summed E-state index contributed by atoms with van der Waals surface area (Å²) < 4.78 is 24.4. The van der Waals surface area contributed by atoms with Crippen LogP contribution in [0.5, 0.6) is 11.5 Å². The average Bonchev–Trinajstić information content (AvgIpc) is 2.66. The van der Waals surface area contributed by atoms with Gasteiger partial charge in [0.05, 0.1) is 6.61 Å². The molecule has 28 heavy (non-hydrogen) atoms. The molecule has 0 fully saturated rings. The Morgan fingerprint density at radius 1 is 1.18 bits per heavy atom. The van der Waals surface area contributed by atoms with Crippen molar-refractivity contribution in [1.82, 2.24) is 5.32 Å². The van der Waals surface area contributed by atoms with Gasteiger partial charge in [-0.05, 0) is 62.2 Å². The Hall–Kier alpha value is -3.33. The maximum absolute atomic E-state index is 13.0. The maximum atomic E-state index is 13.0. The van der Waals surface area contributed by atoms with Gasteiger partial charge < -0.3 is 14.8 Å². The summed E-state index contributed by atoms with van der Waals surface area (Å²) in [7, 11) is 0. The van der Waals surface area contributed by atoms with E-state index >= 15 is 0 Å². The molecule has 5 nitrogen and oxygen atoms in total. The molecule has 0 aliphatic carbocycles. The second kappa shape index (κ2) is 10.1. The fourth-order valence-corrected chi connectivity index (χ4v) is 2.40. The van der Waals surface area contributed by atoms with E-state index in [1.807, 2.05) is 26.8 Å². The summed E-state index contributed by atoms with van der Waals surface area (Å²) in [6.45, 7) is 6.19. The summed E-state index contributed by atoms with van der Waals surface area (Å²) in [5.41, 5.74) is 1.48. The SMILES string of the molecule is CCOc1cc(/C=C(/C#N)C(=O)NC(C)C)ccc1OCc1ccc(F)cc1. The van der Waals surface area contributed by atoms with Crippen LogP contribution in [-0.2, 0) is 11.4 Å². The van der Waals surface area contributed by atoms with Crippen LogP contribution in [0.2, 0.25) is 0 Å². The highest BCUT2D eigenvalue weighted by Gasteiger charge is 2.12. The molecule has 0 aliphatic rings. The second-order valence-electron chi connectivity index (χ2n) is 6.35. The summed E-state index contributed by atoms with van der Waals surface area (Å²) in [6.07, 6.45) is 1.50. The molecule has 0 spiro atoms. The third kappa shape index (κ3) is 6.13. The van der Waals surface area contributed by atoms with Crippen molar-refractivity contribution in [2.75, 3.05) is 6.61 Å². The fourth-order valence-electron chi connectivity index (χ4n) is 2.40. The van der Waals surface area contributed by atoms with Crippen LogP contribution >= 0.6 is 0 Å². The third-order valence-corrected chi connectivity index (χ3v) is 3.67. The summed E-state index contributed by atoms with van der Waals surface area (Å²) >= 11 is 0. The molecule has 0 saturated heterocycles. The van der Waals surface area contributed by atoms with Gasteiger partial charge in [-0.15, -0.1) is 0 Å². The number of nitrogens with one attached hydrogen (secondary N) is 1. The van der Waals surface area contributed by atoms with Crippen LogP contribution in [0.3, 0.4) is 0 Å². The molecule has 2 rings (SSSR count). The van der Waals surface area contributed by atoms with E-state index in [0.29, 0.717) is 23.7 Å². The number of halogens is 1. The van der Waals surface area contributed by atoms with E-state index in [4.69, 9.17) is 9.47 Å². The smallest absolute Gasteiger partial charge is 0.262 e. The monoisotopic (exact) mass is 382 g/mol. The first-order chi connectivity index (χ1) is 13.4. The number of nitrogens with zero attached hydrogens (tertiary/aromatic N) is 1. The maximum Gasteiger partial charge on any atom is 0.262 e. The van der Waals surface area contributed by atoms with E-state index in [1.165, 1.54) is 18.2 Å². The zero-order chi connectivity index (χ0) is 20.5. The van der Waals surface area contributed by atoms with Crippen LogP contribution in [0.4, 0.5) is 4.39 Å². The minimum atomic E-state index is -0.424. The Bertz CT molecular complexity index is 884. The topological polar surface area (TPSA) is 71.3 Å². The highest BCUT2D eigenvalue weighted by Crippen LogP contribution is 2.30. The van der Waals surface area contributed by atoms with Gasteiger partial charge in [0.2, 0.25) is 0 Å². The number of amides is 1. The second-order valence-corrected chi connectivity index (χ2v) is 6.35. The number of benzene rings is 2. The van der Waals surface area contributed by atoms with Crippen molar-refractivity contribution in [2.45, 2.75) is 33.4 Å². The van der Waals surface area contributed by atoms with Crippen LogP contribution in [0, 0.1) is 17.1 Å². The van der Waals surface area contributed by atoms with Gasteiger partial charge in [-0.3, -0.25) is 4.79 Å². The molecular weight excluding hydrogens is 359 g/mol. The molecule has 0 radical (unpaired) electrons. The molecule has 0 heterocycles. The standard InChI is InChI=1S/C22H23FN2O3/c1-4-27-21-12-17(11-18(13-24)22(26)25-15(2)3)7-10-20(21)28-14-16-5-8-19(23)9-6-16/h5-12,15H,4,14H2,1-3H3,(H,25,26)/b18-11-. The van der Waals surface area contributed by atoms with Gasteiger partial charge in [0, 0.05) is 6.04 Å². The number of hydrogen-bond donors (Lipinski definition) is 1. The lowest BCUT2D eigenvalue weighted by atomic mass is 10.1. The van der Waals surface area contributed by atoms with Crippen LogP contribution < -0.4 is 14.8 Å². The van der Waals surface area contributed by atoms with Crippen LogP contribution in [0.15, 0.2) is 48.0 Å². The Labute approximate surface area is 164 Å². The van der Waals surface area contributed by atoms with Crippen molar-refractivity contribution in [1.29, 1.82) is 5.26 Å². The summed E-state index contributed by atoms with van der Waals surface area (Å²) in [4.78, 5) is 12.1. The Kier molecular flexibility index (Phi) is 7.58. The summed E-state index contributed by atoms with van der Waals surface area (Å²) in [6, 6.07) is 13.1. The van der Waals surface area contributed by atoms with Crippen molar-refractivity contribution in [3.8, 4) is 17.6 Å². The van der Waals surface area contributed by atoms with Crippen molar-refractivity contribution >= 4 is 12.0 Å². The van der Waals surface area contributed by atoms with E-state index in [1.54, 1.807) is 30.3 Å². The van der Waals surface area contributed by atoms with Gasteiger partial charge in [0.15, 0.2) is 11.5 Å². The average molecular weight is 382 g/mol. The van der Waals surface area contributed by atoms with Crippen molar-refractivity contribution in [2.24, 2.45) is 0 Å². The van der Waals surface area contributed by atoms with Crippen molar-refractivity contribution in [3.05, 3.63) is 65.0 Å². The molecule has 6 heteroatoms. The number of hydrogen-bond acceptors (Lipinski definition) is 4. The van der Waals surface area contributed by atoms with Gasteiger partial charge in [-0.2, -0.15) is 5.26 Å². The quantitative estimate of drug-likeness (QED) is 0.548. The van der Waals surface area contributed by atoms with Crippen molar-refractivity contribution < 1.29 is 18.7 Å². The summed E-state index contributed by atoms with van der Waals surface area (Å²) in [5, 5.41) is 12.0. The number of ether oxygens (including phenoxy) is 2. The van der Waals surface area contributed by atoms with E-state index in [-0.39, 0.29) is 24.0 Å². The Balaban J connectivity index is 2.21. The predicted octanol–water partition coefficient (Wildman–Crippen LogP) is 4.23. The molecule has 2 aromatic carbocycles. The Morgan fingerprint density at radius 3 is 2.50 bits per heavy atom. The molecule has 1 amide bonds. The number of nitriles is 1. The number of carbonyl (C=O) groups excluding carboxylic acids is 1. The number of carbonyl (C=O) groups is 1. The summed E-state index contributed by atoms with van der Waals surface area (Å²) in [5.74, 6) is 0.296. The van der Waals surface area contributed by atoms with Gasteiger partial charge in [0.25, 0.3) is 5.91 Å². The first kappa shape index (κ1) is 21.0. The first-order valence-electron chi connectivity index (χ1n) is 8.99. The zero-order valence-corrected chi connectivity index (χ0v) is 16.2. The molecule has 1 N–H and O–H groups in total. The number of rotatable bonds is 8. The fraction of sp³-hybridized carbons (Fsp3) is 0.273. The van der Waals surface area contributed by atoms with E-state index in [2.05, 4.69) is 5.32 Å². The van der Waals surface area contributed by atoms with Crippen molar-refractivity contribution in [3.63, 3.8) is 0 Å². The highest BCUT2D eigenvalue weighted by molar-refractivity contribution is 6.01.